The van der Waals surface area contributed by atoms with Crippen molar-refractivity contribution in [2.45, 2.75) is 39.0 Å². The second kappa shape index (κ2) is 5.56. The first-order valence-corrected chi connectivity index (χ1v) is 7.64. The van der Waals surface area contributed by atoms with E-state index in [9.17, 15) is 4.79 Å². The minimum Gasteiger partial charge on any atom is -0.356 e. The number of thiophene rings is 1. The van der Waals surface area contributed by atoms with Gasteiger partial charge in [-0.1, -0.05) is 44.2 Å². The van der Waals surface area contributed by atoms with Gasteiger partial charge in [0.05, 0.1) is 5.56 Å². The van der Waals surface area contributed by atoms with Crippen LogP contribution in [0.5, 0.6) is 0 Å². The Hall–Kier alpha value is -0.980. The normalized spacial score (nSPS) is 19.6. The van der Waals surface area contributed by atoms with Crippen LogP contribution in [-0.2, 0) is 10.2 Å². The average molecular weight is 296 g/mol. The smallest absolute Gasteiger partial charge is 0.221 e. The first-order chi connectivity index (χ1) is 8.86. The molecule has 0 bridgehead atoms. The van der Waals surface area contributed by atoms with E-state index in [2.05, 4.69) is 44.0 Å². The molecule has 1 aliphatic heterocycles. The molecule has 2 nitrogen and oxygen atoms in total. The monoisotopic (exact) mass is 295 g/mol. The largest absolute Gasteiger partial charge is 0.356 e. The molecule has 1 aliphatic rings. The molecule has 0 saturated carbocycles. The third-order valence-electron chi connectivity index (χ3n) is 3.08. The maximum atomic E-state index is 11.3. The fourth-order valence-electron chi connectivity index (χ4n) is 1.91. The lowest BCUT2D eigenvalue weighted by Gasteiger charge is -2.16. The van der Waals surface area contributed by atoms with E-state index in [1.165, 1.54) is 4.88 Å². The van der Waals surface area contributed by atoms with Gasteiger partial charge in [-0.05, 0) is 17.9 Å². The first kappa shape index (κ1) is 14.4. The zero-order chi connectivity index (χ0) is 14.0. The predicted octanol–water partition coefficient (Wildman–Crippen LogP) is 3.58. The molecule has 2 rings (SSSR count). The summed E-state index contributed by atoms with van der Waals surface area (Å²) in [5.41, 5.74) is 0.987. The summed E-state index contributed by atoms with van der Waals surface area (Å²) in [6.45, 7) is 7.22. The standard InChI is InChI=1S/C15H18ClNOS/c1-15(2,3)12-9-11(14(16)19-12)5-4-10-6-7-17-13(18)8-10/h9-10H,6-8H2,1-3H3,(H,17,18). The maximum absolute atomic E-state index is 11.3. The molecule has 0 spiro atoms. The molecule has 1 amide bonds. The topological polar surface area (TPSA) is 29.1 Å². The zero-order valence-corrected chi connectivity index (χ0v) is 13.0. The van der Waals surface area contributed by atoms with Crippen molar-refractivity contribution < 1.29 is 4.79 Å². The quantitative estimate of drug-likeness (QED) is 0.728. The van der Waals surface area contributed by atoms with Crippen LogP contribution in [0.15, 0.2) is 6.07 Å². The van der Waals surface area contributed by atoms with Crippen molar-refractivity contribution in [1.82, 2.24) is 5.32 Å². The Morgan fingerprint density at radius 1 is 1.47 bits per heavy atom. The van der Waals surface area contributed by atoms with Crippen molar-refractivity contribution >= 4 is 28.8 Å². The molecular formula is C15H18ClNOS. The summed E-state index contributed by atoms with van der Waals surface area (Å²) in [6, 6.07) is 2.07. The van der Waals surface area contributed by atoms with Crippen molar-refractivity contribution in [2.24, 2.45) is 5.92 Å². The Bertz CT molecular complexity index is 545. The summed E-state index contributed by atoms with van der Waals surface area (Å²) in [5.74, 6) is 6.58. The number of halogens is 1. The van der Waals surface area contributed by atoms with Crippen LogP contribution in [0.25, 0.3) is 0 Å². The summed E-state index contributed by atoms with van der Waals surface area (Å²) in [5, 5.41) is 2.81. The fraction of sp³-hybridized carbons (Fsp3) is 0.533. The molecule has 1 aromatic rings. The van der Waals surface area contributed by atoms with Crippen LogP contribution in [-0.4, -0.2) is 12.5 Å². The molecule has 0 radical (unpaired) electrons. The van der Waals surface area contributed by atoms with Gasteiger partial charge in [-0.2, -0.15) is 0 Å². The lowest BCUT2D eigenvalue weighted by molar-refractivity contribution is -0.122. The maximum Gasteiger partial charge on any atom is 0.221 e. The molecule has 1 atom stereocenters. The third kappa shape index (κ3) is 3.75. The van der Waals surface area contributed by atoms with Gasteiger partial charge in [-0.25, -0.2) is 0 Å². The summed E-state index contributed by atoms with van der Waals surface area (Å²) in [4.78, 5) is 12.5. The van der Waals surface area contributed by atoms with Gasteiger partial charge in [0, 0.05) is 23.8 Å². The SMILES string of the molecule is CC(C)(C)c1cc(C#CC2CCNC(=O)C2)c(Cl)s1. The Morgan fingerprint density at radius 2 is 2.21 bits per heavy atom. The van der Waals surface area contributed by atoms with E-state index in [1.807, 2.05) is 0 Å². The highest BCUT2D eigenvalue weighted by Crippen LogP contribution is 2.35. The minimum atomic E-state index is 0.0948. The van der Waals surface area contributed by atoms with Gasteiger partial charge in [0.25, 0.3) is 0 Å². The van der Waals surface area contributed by atoms with Gasteiger partial charge in [0.2, 0.25) is 5.91 Å². The third-order valence-corrected chi connectivity index (χ3v) is 4.87. The van der Waals surface area contributed by atoms with Gasteiger partial charge < -0.3 is 5.32 Å². The van der Waals surface area contributed by atoms with Crippen LogP contribution in [0.2, 0.25) is 4.34 Å². The number of carbonyl (C=O) groups excluding carboxylic acids is 1. The highest BCUT2D eigenvalue weighted by molar-refractivity contribution is 7.16. The van der Waals surface area contributed by atoms with Crippen molar-refractivity contribution in [3.63, 3.8) is 0 Å². The predicted molar refractivity (Wildman–Crippen MR) is 80.6 cm³/mol. The first-order valence-electron chi connectivity index (χ1n) is 6.44. The lowest BCUT2D eigenvalue weighted by Crippen LogP contribution is -2.32. The molecule has 1 fully saturated rings. The van der Waals surface area contributed by atoms with Crippen LogP contribution in [0, 0.1) is 17.8 Å². The van der Waals surface area contributed by atoms with Crippen LogP contribution in [0.4, 0.5) is 0 Å². The lowest BCUT2D eigenvalue weighted by atomic mass is 9.94. The Balaban J connectivity index is 2.16. The molecule has 4 heteroatoms. The van der Waals surface area contributed by atoms with Crippen molar-refractivity contribution in [3.05, 3.63) is 20.8 Å². The van der Waals surface area contributed by atoms with Gasteiger partial charge in [0.15, 0.2) is 0 Å². The number of carbonyl (C=O) groups is 1. The van der Waals surface area contributed by atoms with E-state index in [-0.39, 0.29) is 17.2 Å². The Morgan fingerprint density at radius 3 is 2.79 bits per heavy atom. The van der Waals surface area contributed by atoms with E-state index in [1.54, 1.807) is 11.3 Å². The van der Waals surface area contributed by atoms with Crippen molar-refractivity contribution in [2.75, 3.05) is 6.54 Å². The van der Waals surface area contributed by atoms with Crippen LogP contribution in [0.1, 0.15) is 44.1 Å². The summed E-state index contributed by atoms with van der Waals surface area (Å²) >= 11 is 7.83. The molecule has 1 saturated heterocycles. The summed E-state index contributed by atoms with van der Waals surface area (Å²) in [7, 11) is 0. The molecule has 0 aromatic carbocycles. The second-order valence-corrected chi connectivity index (χ2v) is 7.51. The van der Waals surface area contributed by atoms with Crippen LogP contribution < -0.4 is 5.32 Å². The number of rotatable bonds is 0. The fourth-order valence-corrected chi connectivity index (χ4v) is 3.16. The van der Waals surface area contributed by atoms with Crippen LogP contribution in [0.3, 0.4) is 0 Å². The van der Waals surface area contributed by atoms with E-state index in [0.717, 1.165) is 22.9 Å². The highest BCUT2D eigenvalue weighted by Gasteiger charge is 2.19. The number of nitrogens with one attached hydrogen (secondary N) is 1. The van der Waals surface area contributed by atoms with Crippen molar-refractivity contribution in [3.8, 4) is 11.8 Å². The van der Waals surface area contributed by atoms with E-state index < -0.39 is 0 Å². The summed E-state index contributed by atoms with van der Waals surface area (Å²) in [6.07, 6.45) is 1.42. The van der Waals surface area contributed by atoms with Crippen molar-refractivity contribution in [1.29, 1.82) is 0 Å². The Labute approximate surface area is 123 Å². The Kier molecular flexibility index (Phi) is 4.23. The zero-order valence-electron chi connectivity index (χ0n) is 11.5. The number of hydrogen-bond donors (Lipinski definition) is 1. The van der Waals surface area contributed by atoms with Gasteiger partial charge in [-0.15, -0.1) is 11.3 Å². The number of hydrogen-bond acceptors (Lipinski definition) is 2. The molecule has 19 heavy (non-hydrogen) atoms. The van der Waals surface area contributed by atoms with Crippen LogP contribution >= 0.6 is 22.9 Å². The number of piperidine rings is 1. The molecule has 1 aromatic heterocycles. The number of amides is 1. The van der Waals surface area contributed by atoms with E-state index >= 15 is 0 Å². The summed E-state index contributed by atoms with van der Waals surface area (Å²) < 4.78 is 0.748. The average Bonchev–Trinajstić information content (AvgIpc) is 2.68. The minimum absolute atomic E-state index is 0.0948. The van der Waals surface area contributed by atoms with E-state index in [4.69, 9.17) is 11.6 Å². The van der Waals surface area contributed by atoms with E-state index in [0.29, 0.717) is 6.42 Å². The van der Waals surface area contributed by atoms with Gasteiger partial charge in [-0.3, -0.25) is 4.79 Å². The molecule has 102 valence electrons. The van der Waals surface area contributed by atoms with Gasteiger partial charge in [0.1, 0.15) is 4.34 Å². The molecule has 2 heterocycles. The molecular weight excluding hydrogens is 278 g/mol. The molecule has 1 unspecified atom stereocenters. The molecule has 0 aliphatic carbocycles. The van der Waals surface area contributed by atoms with Gasteiger partial charge >= 0.3 is 0 Å². The molecule has 1 N–H and O–H groups in total. The highest BCUT2D eigenvalue weighted by atomic mass is 35.5. The second-order valence-electron chi connectivity index (χ2n) is 5.86.